The molecule has 0 radical (unpaired) electrons. The van der Waals surface area contributed by atoms with Gasteiger partial charge in [-0.3, -0.25) is 4.68 Å². The second-order valence-electron chi connectivity index (χ2n) is 3.81. The van der Waals surface area contributed by atoms with Gasteiger partial charge >= 0.3 is 0 Å². The molecule has 0 saturated heterocycles. The molecule has 0 spiro atoms. The van der Waals surface area contributed by atoms with Crippen LogP contribution >= 0.6 is 0 Å². The molecule has 0 atom stereocenters. The number of fused-ring (bicyclic) bond motifs is 1. The maximum absolute atomic E-state index is 8.76. The number of aliphatic hydroxyl groups excluding tert-OH is 1. The summed E-state index contributed by atoms with van der Waals surface area (Å²) in [6.07, 6.45) is 5.90. The van der Waals surface area contributed by atoms with Crippen LogP contribution in [0.4, 0.5) is 0 Å². The fourth-order valence-electron chi connectivity index (χ4n) is 1.64. The summed E-state index contributed by atoms with van der Waals surface area (Å²) in [4.78, 5) is 8.50. The van der Waals surface area contributed by atoms with Gasteiger partial charge in [-0.15, -0.1) is 5.10 Å². The van der Waals surface area contributed by atoms with E-state index >= 15 is 0 Å². The molecule has 0 amide bonds. The molecule has 0 aromatic carbocycles. The van der Waals surface area contributed by atoms with Crippen LogP contribution in [0.1, 0.15) is 6.42 Å². The molecule has 0 unspecified atom stereocenters. The lowest BCUT2D eigenvalue weighted by Crippen LogP contribution is -1.99. The Kier molecular flexibility index (Phi) is 2.69. The highest BCUT2D eigenvalue weighted by atomic mass is 16.3. The number of aliphatic hydroxyl groups is 1. The zero-order valence-electron chi connectivity index (χ0n) is 9.48. The van der Waals surface area contributed by atoms with Crippen LogP contribution in [-0.2, 0) is 6.54 Å². The first kappa shape index (κ1) is 10.8. The van der Waals surface area contributed by atoms with Crippen LogP contribution < -0.4 is 0 Å². The first-order valence-corrected chi connectivity index (χ1v) is 5.54. The van der Waals surface area contributed by atoms with Crippen LogP contribution in [0.2, 0.25) is 0 Å². The number of aryl methyl sites for hydroxylation is 1. The number of hydrogen-bond acceptors (Lipinski definition) is 6. The molecule has 3 aromatic heterocycles. The van der Waals surface area contributed by atoms with E-state index in [-0.39, 0.29) is 6.61 Å². The SMILES string of the molecule is OCCCn1cc(-c2cnc3nn[nH]c3n2)cn1. The van der Waals surface area contributed by atoms with Crippen molar-refractivity contribution in [1.82, 2.24) is 35.2 Å². The zero-order chi connectivity index (χ0) is 12.4. The number of hydrogen-bond donors (Lipinski definition) is 2. The lowest BCUT2D eigenvalue weighted by molar-refractivity contribution is 0.277. The van der Waals surface area contributed by atoms with Gasteiger partial charge in [-0.2, -0.15) is 5.10 Å². The Labute approximate surface area is 102 Å². The molecule has 0 bridgehead atoms. The van der Waals surface area contributed by atoms with Crippen LogP contribution in [0.5, 0.6) is 0 Å². The normalized spacial score (nSPS) is 11.2. The van der Waals surface area contributed by atoms with Crippen molar-refractivity contribution in [3.05, 3.63) is 18.6 Å². The molecule has 18 heavy (non-hydrogen) atoms. The third-order valence-electron chi connectivity index (χ3n) is 2.53. The van der Waals surface area contributed by atoms with Gasteiger partial charge < -0.3 is 5.11 Å². The summed E-state index contributed by atoms with van der Waals surface area (Å²) in [6, 6.07) is 0. The van der Waals surface area contributed by atoms with Crippen molar-refractivity contribution in [1.29, 1.82) is 0 Å². The van der Waals surface area contributed by atoms with E-state index in [0.717, 1.165) is 5.56 Å². The maximum atomic E-state index is 8.76. The van der Waals surface area contributed by atoms with E-state index in [9.17, 15) is 0 Å². The summed E-state index contributed by atoms with van der Waals surface area (Å²) in [7, 11) is 0. The van der Waals surface area contributed by atoms with Gasteiger partial charge in [0.2, 0.25) is 5.65 Å². The summed E-state index contributed by atoms with van der Waals surface area (Å²) >= 11 is 0. The Morgan fingerprint density at radius 2 is 2.28 bits per heavy atom. The predicted octanol–water partition coefficient (Wildman–Crippen LogP) is -0.00620. The summed E-state index contributed by atoms with van der Waals surface area (Å²) in [5.41, 5.74) is 2.63. The molecule has 0 fully saturated rings. The molecule has 3 rings (SSSR count). The molecule has 92 valence electrons. The van der Waals surface area contributed by atoms with Gasteiger partial charge in [-0.25, -0.2) is 15.1 Å². The molecular weight excluding hydrogens is 234 g/mol. The highest BCUT2D eigenvalue weighted by Crippen LogP contribution is 2.16. The largest absolute Gasteiger partial charge is 0.396 e. The molecule has 0 aliphatic heterocycles. The van der Waals surface area contributed by atoms with Gasteiger partial charge in [0.05, 0.1) is 18.1 Å². The highest BCUT2D eigenvalue weighted by molar-refractivity contribution is 5.68. The molecule has 0 aliphatic rings. The fraction of sp³-hybridized carbons (Fsp3) is 0.300. The lowest BCUT2D eigenvalue weighted by Gasteiger charge is -1.97. The Morgan fingerprint density at radius 1 is 1.33 bits per heavy atom. The molecular formula is C10H11N7O. The van der Waals surface area contributed by atoms with Crippen LogP contribution in [0, 0.1) is 0 Å². The number of aromatic amines is 1. The second kappa shape index (κ2) is 4.49. The Morgan fingerprint density at radius 3 is 3.17 bits per heavy atom. The van der Waals surface area contributed by atoms with E-state index in [1.54, 1.807) is 17.1 Å². The minimum absolute atomic E-state index is 0.154. The molecule has 3 aromatic rings. The number of nitrogens with one attached hydrogen (secondary N) is 1. The first-order chi connectivity index (χ1) is 8.86. The molecule has 0 saturated carbocycles. The third-order valence-corrected chi connectivity index (χ3v) is 2.53. The van der Waals surface area contributed by atoms with E-state index < -0.39 is 0 Å². The predicted molar refractivity (Wildman–Crippen MR) is 62.4 cm³/mol. The fourth-order valence-corrected chi connectivity index (χ4v) is 1.64. The monoisotopic (exact) mass is 245 g/mol. The first-order valence-electron chi connectivity index (χ1n) is 5.54. The average Bonchev–Trinajstić information content (AvgIpc) is 3.04. The Hall–Kier alpha value is -2.35. The summed E-state index contributed by atoms with van der Waals surface area (Å²) in [5.74, 6) is 0. The number of nitrogens with zero attached hydrogens (tertiary/aromatic N) is 6. The zero-order valence-corrected chi connectivity index (χ0v) is 9.48. The van der Waals surface area contributed by atoms with E-state index in [1.807, 2.05) is 6.20 Å². The molecule has 8 heteroatoms. The van der Waals surface area contributed by atoms with Crippen molar-refractivity contribution < 1.29 is 5.11 Å². The number of H-pyrrole nitrogens is 1. The van der Waals surface area contributed by atoms with Crippen molar-refractivity contribution in [3.8, 4) is 11.3 Å². The lowest BCUT2D eigenvalue weighted by atomic mass is 10.3. The summed E-state index contributed by atoms with van der Waals surface area (Å²) in [5, 5.41) is 23.0. The molecule has 3 heterocycles. The minimum atomic E-state index is 0.154. The van der Waals surface area contributed by atoms with Gasteiger partial charge in [0.15, 0.2) is 5.65 Å². The van der Waals surface area contributed by atoms with Crippen LogP contribution in [0.3, 0.4) is 0 Å². The number of aromatic nitrogens is 7. The van der Waals surface area contributed by atoms with Crippen molar-refractivity contribution in [3.63, 3.8) is 0 Å². The molecule has 2 N–H and O–H groups in total. The molecule has 0 aliphatic carbocycles. The number of rotatable bonds is 4. The average molecular weight is 245 g/mol. The van der Waals surface area contributed by atoms with Gasteiger partial charge in [0, 0.05) is 24.9 Å². The Bertz CT molecular complexity index is 659. The summed E-state index contributed by atoms with van der Waals surface area (Å²) in [6.45, 7) is 0.832. The quantitative estimate of drug-likeness (QED) is 0.670. The smallest absolute Gasteiger partial charge is 0.220 e. The summed E-state index contributed by atoms with van der Waals surface area (Å²) < 4.78 is 1.77. The minimum Gasteiger partial charge on any atom is -0.396 e. The van der Waals surface area contributed by atoms with Gasteiger partial charge in [-0.1, -0.05) is 5.21 Å². The van der Waals surface area contributed by atoms with Crippen molar-refractivity contribution in [2.24, 2.45) is 0 Å². The van der Waals surface area contributed by atoms with E-state index in [0.29, 0.717) is 30.0 Å². The third kappa shape index (κ3) is 1.93. The van der Waals surface area contributed by atoms with E-state index in [4.69, 9.17) is 5.11 Å². The topological polar surface area (TPSA) is 105 Å². The van der Waals surface area contributed by atoms with Gasteiger partial charge in [0.1, 0.15) is 0 Å². The van der Waals surface area contributed by atoms with Crippen molar-refractivity contribution >= 4 is 11.3 Å². The van der Waals surface area contributed by atoms with Gasteiger partial charge in [-0.05, 0) is 6.42 Å². The van der Waals surface area contributed by atoms with Gasteiger partial charge in [0.25, 0.3) is 0 Å². The van der Waals surface area contributed by atoms with E-state index in [2.05, 4.69) is 30.5 Å². The molecule has 8 nitrogen and oxygen atoms in total. The van der Waals surface area contributed by atoms with Crippen molar-refractivity contribution in [2.75, 3.05) is 6.61 Å². The van der Waals surface area contributed by atoms with Crippen molar-refractivity contribution in [2.45, 2.75) is 13.0 Å². The van der Waals surface area contributed by atoms with Crippen LogP contribution in [-0.4, -0.2) is 46.9 Å². The van der Waals surface area contributed by atoms with Crippen LogP contribution in [0.25, 0.3) is 22.6 Å². The maximum Gasteiger partial charge on any atom is 0.220 e. The highest BCUT2D eigenvalue weighted by Gasteiger charge is 2.07. The Balaban J connectivity index is 1.90. The van der Waals surface area contributed by atoms with E-state index in [1.165, 1.54) is 0 Å². The second-order valence-corrected chi connectivity index (χ2v) is 3.81. The van der Waals surface area contributed by atoms with Crippen LogP contribution in [0.15, 0.2) is 18.6 Å². The standard InChI is InChI=1S/C10H11N7O/c18-3-1-2-17-6-7(4-12-17)8-5-11-9-10(13-8)15-16-14-9/h4-6,18H,1-3H2,(H,11,13,14,15,16).